The van der Waals surface area contributed by atoms with Crippen LogP contribution >= 0.6 is 0 Å². The van der Waals surface area contributed by atoms with Crippen LogP contribution in [0.25, 0.3) is 0 Å². The van der Waals surface area contributed by atoms with Crippen LogP contribution in [0.3, 0.4) is 0 Å². The van der Waals surface area contributed by atoms with Crippen LogP contribution in [0.1, 0.15) is 5.56 Å². The molecule has 0 bridgehead atoms. The highest BCUT2D eigenvalue weighted by Gasteiger charge is 2.03. The maximum atomic E-state index is 13.4. The molecule has 0 saturated carbocycles. The average molecular weight is 332 g/mol. The molecule has 0 aliphatic carbocycles. The Morgan fingerprint density at radius 3 is 2.50 bits per heavy atom. The number of carbonyl (C=O) groups excluding carboxylic acids is 1. The molecule has 0 heterocycles. The van der Waals surface area contributed by atoms with Crippen molar-refractivity contribution < 1.29 is 18.7 Å². The van der Waals surface area contributed by atoms with E-state index in [0.29, 0.717) is 31.0 Å². The van der Waals surface area contributed by atoms with Crippen molar-refractivity contribution in [1.82, 2.24) is 10.6 Å². The van der Waals surface area contributed by atoms with Gasteiger partial charge < -0.3 is 20.1 Å². The maximum absolute atomic E-state index is 13.4. The van der Waals surface area contributed by atoms with Crippen molar-refractivity contribution in [2.24, 2.45) is 0 Å². The van der Waals surface area contributed by atoms with Gasteiger partial charge in [0.05, 0.1) is 20.2 Å². The standard InChI is InChI=1S/C18H21FN2O3/c1-23-15-6-8-16(9-7-15)24-11-10-21-18(22)13-20-12-14-4-2-3-5-17(14)19/h2-9,20H,10-13H2,1H3,(H,21,22). The van der Waals surface area contributed by atoms with Crippen molar-refractivity contribution in [3.8, 4) is 11.5 Å². The van der Waals surface area contributed by atoms with E-state index in [1.807, 2.05) is 0 Å². The highest BCUT2D eigenvalue weighted by Crippen LogP contribution is 2.16. The second-order valence-electron chi connectivity index (χ2n) is 5.07. The monoisotopic (exact) mass is 332 g/mol. The highest BCUT2D eigenvalue weighted by atomic mass is 19.1. The van der Waals surface area contributed by atoms with Crippen molar-refractivity contribution in [3.05, 3.63) is 59.9 Å². The van der Waals surface area contributed by atoms with Gasteiger partial charge in [-0.15, -0.1) is 0 Å². The Morgan fingerprint density at radius 1 is 1.08 bits per heavy atom. The molecule has 2 rings (SSSR count). The van der Waals surface area contributed by atoms with Gasteiger partial charge in [0, 0.05) is 12.1 Å². The zero-order chi connectivity index (χ0) is 17.2. The molecule has 0 atom stereocenters. The molecule has 6 heteroatoms. The fourth-order valence-corrected chi connectivity index (χ4v) is 2.05. The fraction of sp³-hybridized carbons (Fsp3) is 0.278. The Bertz CT molecular complexity index is 647. The van der Waals surface area contributed by atoms with E-state index >= 15 is 0 Å². The molecule has 24 heavy (non-hydrogen) atoms. The number of hydrogen-bond acceptors (Lipinski definition) is 4. The zero-order valence-electron chi connectivity index (χ0n) is 13.5. The van der Waals surface area contributed by atoms with Gasteiger partial charge in [-0.1, -0.05) is 18.2 Å². The van der Waals surface area contributed by atoms with Gasteiger partial charge in [-0.25, -0.2) is 4.39 Å². The van der Waals surface area contributed by atoms with Crippen molar-refractivity contribution >= 4 is 5.91 Å². The summed E-state index contributed by atoms with van der Waals surface area (Å²) < 4.78 is 24.0. The maximum Gasteiger partial charge on any atom is 0.234 e. The van der Waals surface area contributed by atoms with E-state index < -0.39 is 0 Å². The molecule has 0 aliphatic heterocycles. The Labute approximate surface area is 140 Å². The van der Waals surface area contributed by atoms with E-state index in [9.17, 15) is 9.18 Å². The molecular formula is C18H21FN2O3. The minimum absolute atomic E-state index is 0.122. The van der Waals surface area contributed by atoms with E-state index in [4.69, 9.17) is 9.47 Å². The van der Waals surface area contributed by atoms with Gasteiger partial charge in [0.1, 0.15) is 23.9 Å². The highest BCUT2D eigenvalue weighted by molar-refractivity contribution is 5.77. The Hall–Kier alpha value is -2.60. The number of methoxy groups -OCH3 is 1. The van der Waals surface area contributed by atoms with Crippen molar-refractivity contribution in [2.45, 2.75) is 6.54 Å². The first-order valence-electron chi connectivity index (χ1n) is 7.66. The lowest BCUT2D eigenvalue weighted by molar-refractivity contribution is -0.120. The largest absolute Gasteiger partial charge is 0.497 e. The molecule has 0 spiro atoms. The molecule has 0 aliphatic rings. The quantitative estimate of drug-likeness (QED) is 0.691. The van der Waals surface area contributed by atoms with E-state index in [1.54, 1.807) is 49.6 Å². The second-order valence-corrected chi connectivity index (χ2v) is 5.07. The van der Waals surface area contributed by atoms with Gasteiger partial charge in [-0.05, 0) is 30.3 Å². The number of carbonyl (C=O) groups is 1. The van der Waals surface area contributed by atoms with Crippen molar-refractivity contribution in [2.75, 3.05) is 26.8 Å². The number of nitrogens with one attached hydrogen (secondary N) is 2. The third-order valence-electron chi connectivity index (χ3n) is 3.31. The molecule has 0 fully saturated rings. The van der Waals surface area contributed by atoms with E-state index in [0.717, 1.165) is 5.75 Å². The van der Waals surface area contributed by atoms with Gasteiger partial charge in [0.2, 0.25) is 5.91 Å². The molecule has 2 aromatic rings. The van der Waals surface area contributed by atoms with Crippen LogP contribution in [0, 0.1) is 5.82 Å². The predicted octanol–water partition coefficient (Wildman–Crippen LogP) is 2.12. The van der Waals surface area contributed by atoms with Crippen molar-refractivity contribution in [3.63, 3.8) is 0 Å². The summed E-state index contributed by atoms with van der Waals surface area (Å²) in [4.78, 5) is 11.7. The van der Waals surface area contributed by atoms with Crippen LogP contribution < -0.4 is 20.1 Å². The van der Waals surface area contributed by atoms with Gasteiger partial charge in [-0.3, -0.25) is 4.79 Å². The second kappa shape index (κ2) is 9.52. The minimum Gasteiger partial charge on any atom is -0.497 e. The number of halogens is 1. The summed E-state index contributed by atoms with van der Waals surface area (Å²) >= 11 is 0. The molecular weight excluding hydrogens is 311 g/mol. The summed E-state index contributed by atoms with van der Waals surface area (Å²) in [6.07, 6.45) is 0. The normalized spacial score (nSPS) is 10.2. The van der Waals surface area contributed by atoms with Crippen LogP contribution in [-0.4, -0.2) is 32.7 Å². The first kappa shape index (κ1) is 17.7. The third-order valence-corrected chi connectivity index (χ3v) is 3.31. The molecule has 0 radical (unpaired) electrons. The van der Waals surface area contributed by atoms with E-state index in [2.05, 4.69) is 10.6 Å². The fourth-order valence-electron chi connectivity index (χ4n) is 2.05. The average Bonchev–Trinajstić information content (AvgIpc) is 2.61. The first-order valence-corrected chi connectivity index (χ1v) is 7.66. The topological polar surface area (TPSA) is 59.6 Å². The summed E-state index contributed by atoms with van der Waals surface area (Å²) in [5.74, 6) is 1.03. The molecule has 5 nitrogen and oxygen atoms in total. The third kappa shape index (κ3) is 5.89. The van der Waals surface area contributed by atoms with Crippen molar-refractivity contribution in [1.29, 1.82) is 0 Å². The van der Waals surface area contributed by atoms with Gasteiger partial charge in [0.15, 0.2) is 0 Å². The van der Waals surface area contributed by atoms with Gasteiger partial charge in [-0.2, -0.15) is 0 Å². The summed E-state index contributed by atoms with van der Waals surface area (Å²) in [7, 11) is 1.60. The predicted molar refractivity (Wildman–Crippen MR) is 89.6 cm³/mol. The number of rotatable bonds is 9. The molecule has 1 amide bonds. The Balaban J connectivity index is 1.58. The molecule has 2 aromatic carbocycles. The molecule has 2 N–H and O–H groups in total. The molecule has 128 valence electrons. The van der Waals surface area contributed by atoms with E-state index in [1.165, 1.54) is 6.07 Å². The first-order chi connectivity index (χ1) is 11.7. The van der Waals surface area contributed by atoms with Gasteiger partial charge in [0.25, 0.3) is 0 Å². The molecule has 0 saturated heterocycles. The Kier molecular flexibility index (Phi) is 7.04. The number of amides is 1. The van der Waals surface area contributed by atoms with Crippen LogP contribution in [-0.2, 0) is 11.3 Å². The van der Waals surface area contributed by atoms with Crippen LogP contribution in [0.4, 0.5) is 4.39 Å². The lowest BCUT2D eigenvalue weighted by Crippen LogP contribution is -2.35. The SMILES string of the molecule is COc1ccc(OCCNC(=O)CNCc2ccccc2F)cc1. The van der Waals surface area contributed by atoms with Crippen LogP contribution in [0.2, 0.25) is 0 Å². The van der Waals surface area contributed by atoms with E-state index in [-0.39, 0.29) is 18.3 Å². The number of hydrogen-bond donors (Lipinski definition) is 2. The summed E-state index contributed by atoms with van der Waals surface area (Å²) in [6, 6.07) is 13.7. The summed E-state index contributed by atoms with van der Waals surface area (Å²) in [5.41, 5.74) is 0.535. The summed E-state index contributed by atoms with van der Waals surface area (Å²) in [5, 5.41) is 5.64. The lowest BCUT2D eigenvalue weighted by atomic mass is 10.2. The minimum atomic E-state index is -0.279. The smallest absolute Gasteiger partial charge is 0.234 e. The molecule has 0 unspecified atom stereocenters. The Morgan fingerprint density at radius 2 is 1.79 bits per heavy atom. The zero-order valence-corrected chi connectivity index (χ0v) is 13.5. The lowest BCUT2D eigenvalue weighted by Gasteiger charge is -2.09. The summed E-state index contributed by atoms with van der Waals surface area (Å²) in [6.45, 7) is 1.19. The van der Waals surface area contributed by atoms with Crippen LogP contribution in [0.15, 0.2) is 48.5 Å². The van der Waals surface area contributed by atoms with Gasteiger partial charge >= 0.3 is 0 Å². The van der Waals surface area contributed by atoms with Crippen LogP contribution in [0.5, 0.6) is 11.5 Å². The number of benzene rings is 2. The molecule has 0 aromatic heterocycles. The number of ether oxygens (including phenoxy) is 2.